The van der Waals surface area contributed by atoms with E-state index in [4.69, 9.17) is 0 Å². The normalized spacial score (nSPS) is 13.1. The fourth-order valence-electron chi connectivity index (χ4n) is 5.16. The van der Waals surface area contributed by atoms with Crippen molar-refractivity contribution in [3.8, 4) is 0 Å². The standard InChI is InChI=1S/C18H16O2.C16H12O2/c1-2-3-7-12-8-6-11-15-16(12)18(20)14-10-5-4-9-13(14)17(15)19;1-2-10-7-8-13-14(9-10)16(18)12-6-4-3-5-11(12)15(13)17/h4-6,8-11H,2-3,7H2,1H3;3-9H,2H2,1H3. The van der Waals surface area contributed by atoms with E-state index in [0.29, 0.717) is 44.5 Å². The van der Waals surface area contributed by atoms with E-state index < -0.39 is 0 Å². The summed E-state index contributed by atoms with van der Waals surface area (Å²) in [6.45, 7) is 4.16. The lowest BCUT2D eigenvalue weighted by atomic mass is 9.81. The molecule has 0 fully saturated rings. The second kappa shape index (κ2) is 10.5. The van der Waals surface area contributed by atoms with Crippen molar-refractivity contribution in [2.75, 3.05) is 0 Å². The summed E-state index contributed by atoms with van der Waals surface area (Å²) < 4.78 is 0. The summed E-state index contributed by atoms with van der Waals surface area (Å²) in [5, 5.41) is 0. The van der Waals surface area contributed by atoms with E-state index in [1.807, 2.05) is 37.3 Å². The Morgan fingerprint density at radius 3 is 1.58 bits per heavy atom. The first kappa shape index (κ1) is 25.2. The molecule has 0 spiro atoms. The second-order valence-electron chi connectivity index (χ2n) is 9.58. The first-order valence-electron chi connectivity index (χ1n) is 13.1. The molecular weight excluding hydrogens is 472 g/mol. The maximum absolute atomic E-state index is 12.7. The summed E-state index contributed by atoms with van der Waals surface area (Å²) in [4.78, 5) is 49.9. The number of hydrogen-bond acceptors (Lipinski definition) is 4. The SMILES string of the molecule is CCCCc1cccc2c1C(=O)c1ccccc1C2=O.CCc1ccc2c(c1)C(=O)c1ccccc1C2=O. The number of aryl methyl sites for hydroxylation is 2. The lowest BCUT2D eigenvalue weighted by Crippen LogP contribution is -2.22. The van der Waals surface area contributed by atoms with Crippen LogP contribution in [0.2, 0.25) is 0 Å². The Hall–Kier alpha value is -4.44. The molecule has 4 heteroatoms. The summed E-state index contributed by atoms with van der Waals surface area (Å²) >= 11 is 0. The van der Waals surface area contributed by atoms with Crippen LogP contribution in [-0.2, 0) is 12.8 Å². The number of benzene rings is 4. The topological polar surface area (TPSA) is 68.3 Å². The second-order valence-corrected chi connectivity index (χ2v) is 9.58. The minimum atomic E-state index is -0.0529. The van der Waals surface area contributed by atoms with E-state index in [1.165, 1.54) is 0 Å². The van der Waals surface area contributed by atoms with E-state index >= 15 is 0 Å². The van der Waals surface area contributed by atoms with Gasteiger partial charge < -0.3 is 0 Å². The van der Waals surface area contributed by atoms with Crippen LogP contribution >= 0.6 is 0 Å². The Labute approximate surface area is 222 Å². The molecule has 0 aromatic heterocycles. The quantitative estimate of drug-likeness (QED) is 0.266. The van der Waals surface area contributed by atoms with Crippen molar-refractivity contribution in [2.45, 2.75) is 39.5 Å². The summed E-state index contributed by atoms with van der Waals surface area (Å²) in [6, 6.07) is 25.2. The van der Waals surface area contributed by atoms with Gasteiger partial charge >= 0.3 is 0 Å². The van der Waals surface area contributed by atoms with Crippen LogP contribution < -0.4 is 0 Å². The molecule has 0 saturated carbocycles. The number of rotatable bonds is 4. The molecule has 0 amide bonds. The summed E-state index contributed by atoms with van der Waals surface area (Å²) in [5.41, 5.74) is 6.40. The largest absolute Gasteiger partial charge is 0.289 e. The Morgan fingerprint density at radius 2 is 1.00 bits per heavy atom. The van der Waals surface area contributed by atoms with Crippen LogP contribution in [0.1, 0.15) is 102 Å². The molecule has 0 saturated heterocycles. The first-order valence-corrected chi connectivity index (χ1v) is 13.1. The van der Waals surface area contributed by atoms with Gasteiger partial charge in [0, 0.05) is 44.5 Å². The van der Waals surface area contributed by atoms with Crippen molar-refractivity contribution >= 4 is 23.1 Å². The lowest BCUT2D eigenvalue weighted by Gasteiger charge is -2.20. The molecule has 6 rings (SSSR count). The Bertz CT molecular complexity index is 1610. The summed E-state index contributed by atoms with van der Waals surface area (Å²) in [5.74, 6) is -0.145. The zero-order chi connectivity index (χ0) is 26.8. The predicted molar refractivity (Wildman–Crippen MR) is 147 cm³/mol. The maximum atomic E-state index is 12.7. The predicted octanol–water partition coefficient (Wildman–Crippen LogP) is 6.83. The van der Waals surface area contributed by atoms with Crippen LogP contribution in [0.3, 0.4) is 0 Å². The maximum Gasteiger partial charge on any atom is 0.194 e. The number of carbonyl (C=O) groups is 4. The van der Waals surface area contributed by atoms with Gasteiger partial charge in [-0.3, -0.25) is 19.2 Å². The average molecular weight is 501 g/mol. The van der Waals surface area contributed by atoms with Crippen LogP contribution in [0.5, 0.6) is 0 Å². The van der Waals surface area contributed by atoms with Crippen LogP contribution in [0.4, 0.5) is 0 Å². The molecule has 4 nitrogen and oxygen atoms in total. The van der Waals surface area contributed by atoms with Gasteiger partial charge in [-0.25, -0.2) is 0 Å². The highest BCUT2D eigenvalue weighted by atomic mass is 16.1. The number of hydrogen-bond donors (Lipinski definition) is 0. The fraction of sp³-hybridized carbons (Fsp3) is 0.176. The van der Waals surface area contributed by atoms with Gasteiger partial charge in [0.05, 0.1) is 0 Å². The molecule has 0 aliphatic heterocycles. The molecule has 4 aromatic carbocycles. The van der Waals surface area contributed by atoms with E-state index in [-0.39, 0.29) is 23.1 Å². The van der Waals surface area contributed by atoms with Crippen molar-refractivity contribution in [3.63, 3.8) is 0 Å². The molecule has 0 radical (unpaired) electrons. The molecule has 0 atom stereocenters. The third-order valence-electron chi connectivity index (χ3n) is 7.24. The summed E-state index contributed by atoms with van der Waals surface area (Å²) in [7, 11) is 0. The molecule has 38 heavy (non-hydrogen) atoms. The minimum Gasteiger partial charge on any atom is -0.289 e. The molecule has 0 N–H and O–H groups in total. The van der Waals surface area contributed by atoms with Gasteiger partial charge in [-0.15, -0.1) is 0 Å². The zero-order valence-corrected chi connectivity index (χ0v) is 21.5. The van der Waals surface area contributed by atoms with Crippen molar-refractivity contribution in [2.24, 2.45) is 0 Å². The van der Waals surface area contributed by atoms with Crippen LogP contribution in [0.25, 0.3) is 0 Å². The molecule has 2 aliphatic carbocycles. The number of ketones is 4. The van der Waals surface area contributed by atoms with Crippen LogP contribution in [-0.4, -0.2) is 23.1 Å². The molecule has 188 valence electrons. The van der Waals surface area contributed by atoms with E-state index in [1.54, 1.807) is 54.6 Å². The highest BCUT2D eigenvalue weighted by Crippen LogP contribution is 2.30. The molecule has 4 aromatic rings. The van der Waals surface area contributed by atoms with Gasteiger partial charge in [-0.05, 0) is 36.5 Å². The molecule has 0 bridgehead atoms. The fourth-order valence-corrected chi connectivity index (χ4v) is 5.16. The van der Waals surface area contributed by atoms with Gasteiger partial charge in [0.15, 0.2) is 23.1 Å². The summed E-state index contributed by atoms with van der Waals surface area (Å²) in [6.07, 6.45) is 3.80. The van der Waals surface area contributed by atoms with Crippen molar-refractivity contribution in [3.05, 3.63) is 141 Å². The highest BCUT2D eigenvalue weighted by molar-refractivity contribution is 6.29. The Morgan fingerprint density at radius 1 is 0.500 bits per heavy atom. The molecule has 2 aliphatic rings. The van der Waals surface area contributed by atoms with E-state index in [0.717, 1.165) is 36.8 Å². The number of fused-ring (bicyclic) bond motifs is 4. The monoisotopic (exact) mass is 500 g/mol. The van der Waals surface area contributed by atoms with Gasteiger partial charge in [0.25, 0.3) is 0 Å². The van der Waals surface area contributed by atoms with Gasteiger partial charge in [-0.1, -0.05) is 99.1 Å². The smallest absolute Gasteiger partial charge is 0.194 e. The first-order chi connectivity index (χ1) is 18.5. The van der Waals surface area contributed by atoms with E-state index in [2.05, 4.69) is 6.92 Å². The van der Waals surface area contributed by atoms with Gasteiger partial charge in [0.2, 0.25) is 0 Å². The third kappa shape index (κ3) is 4.32. The average Bonchev–Trinajstić information content (AvgIpc) is 2.97. The molecule has 0 heterocycles. The zero-order valence-electron chi connectivity index (χ0n) is 21.5. The molecule has 0 unspecified atom stereocenters. The number of unbranched alkanes of at least 4 members (excludes halogenated alkanes) is 1. The van der Waals surface area contributed by atoms with Crippen molar-refractivity contribution in [1.29, 1.82) is 0 Å². The van der Waals surface area contributed by atoms with Crippen molar-refractivity contribution < 1.29 is 19.2 Å². The van der Waals surface area contributed by atoms with Gasteiger partial charge in [0.1, 0.15) is 0 Å². The highest BCUT2D eigenvalue weighted by Gasteiger charge is 2.31. The molecular formula is C34H28O4. The van der Waals surface area contributed by atoms with Crippen molar-refractivity contribution in [1.82, 2.24) is 0 Å². The Kier molecular flexibility index (Phi) is 6.97. The van der Waals surface area contributed by atoms with Crippen LogP contribution in [0.15, 0.2) is 84.9 Å². The third-order valence-corrected chi connectivity index (χ3v) is 7.24. The van der Waals surface area contributed by atoms with E-state index in [9.17, 15) is 19.2 Å². The lowest BCUT2D eigenvalue weighted by molar-refractivity contribution is 0.0978. The minimum absolute atomic E-state index is 0.0121. The van der Waals surface area contributed by atoms with Crippen LogP contribution in [0, 0.1) is 0 Å². The number of carbonyl (C=O) groups excluding carboxylic acids is 4. The Balaban J connectivity index is 0.000000156. The van der Waals surface area contributed by atoms with Gasteiger partial charge in [-0.2, -0.15) is 0 Å².